The van der Waals surface area contributed by atoms with Gasteiger partial charge in [0.05, 0.1) is 6.21 Å². The number of nitrogens with zero attached hydrogens (tertiary/aromatic N) is 1. The molecule has 2 saturated carbocycles. The van der Waals surface area contributed by atoms with E-state index in [1.54, 1.807) is 6.21 Å². The molecule has 0 heterocycles. The third-order valence-corrected chi connectivity index (χ3v) is 4.32. The lowest BCUT2D eigenvalue weighted by molar-refractivity contribution is -0.123. The first kappa shape index (κ1) is 11.5. The van der Waals surface area contributed by atoms with Crippen molar-refractivity contribution in [3.63, 3.8) is 0 Å². The molecule has 0 unspecified atom stereocenters. The van der Waals surface area contributed by atoms with Crippen LogP contribution in [0.1, 0.15) is 36.8 Å². The second kappa shape index (κ2) is 4.23. The number of benzene rings is 1. The van der Waals surface area contributed by atoms with Crippen molar-refractivity contribution in [2.24, 2.45) is 16.4 Å². The standard InChI is InChI=1S/C15H18N2O/c1-11-3-5-12(6-4-11)10-16-17-14(18)13-9-15(13)7-2-8-15/h3-6,10,13H,2,7-9H2,1H3,(H,17,18)/b16-10-/t13-/m1/s1. The van der Waals surface area contributed by atoms with Crippen LogP contribution in [0.4, 0.5) is 0 Å². The first-order chi connectivity index (χ1) is 8.70. The number of hydrogen-bond donors (Lipinski definition) is 1. The quantitative estimate of drug-likeness (QED) is 0.642. The number of rotatable bonds is 3. The van der Waals surface area contributed by atoms with Crippen molar-refractivity contribution in [3.05, 3.63) is 35.4 Å². The summed E-state index contributed by atoms with van der Waals surface area (Å²) in [6, 6.07) is 8.06. The molecule has 1 spiro atoms. The second-order valence-corrected chi connectivity index (χ2v) is 5.62. The van der Waals surface area contributed by atoms with Gasteiger partial charge < -0.3 is 0 Å². The molecule has 2 fully saturated rings. The molecule has 0 radical (unpaired) electrons. The van der Waals surface area contributed by atoms with Crippen LogP contribution < -0.4 is 5.43 Å². The Morgan fingerprint density at radius 2 is 2.11 bits per heavy atom. The highest BCUT2D eigenvalue weighted by atomic mass is 16.2. The van der Waals surface area contributed by atoms with Crippen molar-refractivity contribution in [3.8, 4) is 0 Å². The molecule has 0 aromatic heterocycles. The fourth-order valence-electron chi connectivity index (χ4n) is 2.80. The van der Waals surface area contributed by atoms with Crippen molar-refractivity contribution >= 4 is 12.1 Å². The molecule has 94 valence electrons. The molecule has 2 aliphatic rings. The van der Waals surface area contributed by atoms with Crippen LogP contribution in [0.25, 0.3) is 0 Å². The number of amides is 1. The molecule has 1 N–H and O–H groups in total. The van der Waals surface area contributed by atoms with Crippen LogP contribution in [0.2, 0.25) is 0 Å². The van der Waals surface area contributed by atoms with Crippen LogP contribution >= 0.6 is 0 Å². The van der Waals surface area contributed by atoms with E-state index in [0.29, 0.717) is 5.41 Å². The zero-order valence-electron chi connectivity index (χ0n) is 10.6. The lowest BCUT2D eigenvalue weighted by atomic mass is 9.80. The van der Waals surface area contributed by atoms with E-state index in [9.17, 15) is 4.79 Å². The van der Waals surface area contributed by atoms with Crippen molar-refractivity contribution in [1.82, 2.24) is 5.43 Å². The summed E-state index contributed by atoms with van der Waals surface area (Å²) in [5.41, 5.74) is 5.27. The van der Waals surface area contributed by atoms with Gasteiger partial charge in [-0.3, -0.25) is 4.79 Å². The maximum Gasteiger partial charge on any atom is 0.243 e. The molecule has 18 heavy (non-hydrogen) atoms. The van der Waals surface area contributed by atoms with Gasteiger partial charge >= 0.3 is 0 Å². The van der Waals surface area contributed by atoms with E-state index in [0.717, 1.165) is 12.0 Å². The zero-order valence-corrected chi connectivity index (χ0v) is 10.6. The minimum atomic E-state index is 0.0954. The fourth-order valence-corrected chi connectivity index (χ4v) is 2.80. The molecule has 1 atom stereocenters. The average Bonchev–Trinajstić information content (AvgIpc) is 3.07. The molecule has 3 nitrogen and oxygen atoms in total. The van der Waals surface area contributed by atoms with Gasteiger partial charge in [0.25, 0.3) is 0 Å². The molecule has 1 aromatic rings. The van der Waals surface area contributed by atoms with Gasteiger partial charge in [0.15, 0.2) is 0 Å². The molecule has 0 bridgehead atoms. The van der Waals surface area contributed by atoms with Gasteiger partial charge in [-0.1, -0.05) is 36.2 Å². The molecular formula is C15H18N2O. The second-order valence-electron chi connectivity index (χ2n) is 5.62. The molecule has 0 saturated heterocycles. The number of carbonyl (C=O) groups is 1. The minimum absolute atomic E-state index is 0.0954. The molecule has 3 rings (SSSR count). The summed E-state index contributed by atoms with van der Waals surface area (Å²) in [4.78, 5) is 11.8. The van der Waals surface area contributed by atoms with E-state index >= 15 is 0 Å². The summed E-state index contributed by atoms with van der Waals surface area (Å²) in [6.07, 6.45) is 6.52. The Hall–Kier alpha value is -1.64. The van der Waals surface area contributed by atoms with Gasteiger partial charge in [0.1, 0.15) is 0 Å². The minimum Gasteiger partial charge on any atom is -0.273 e. The smallest absolute Gasteiger partial charge is 0.243 e. The predicted molar refractivity (Wildman–Crippen MR) is 71.3 cm³/mol. The van der Waals surface area contributed by atoms with Gasteiger partial charge in [-0.15, -0.1) is 0 Å². The normalized spacial score (nSPS) is 23.9. The topological polar surface area (TPSA) is 41.5 Å². The van der Waals surface area contributed by atoms with Crippen LogP contribution in [0.3, 0.4) is 0 Å². The third kappa shape index (κ3) is 2.05. The summed E-state index contributed by atoms with van der Waals surface area (Å²) in [6.45, 7) is 2.05. The molecule has 3 heteroatoms. The van der Waals surface area contributed by atoms with E-state index in [2.05, 4.69) is 10.5 Å². The maximum atomic E-state index is 11.8. The summed E-state index contributed by atoms with van der Waals surface area (Å²) < 4.78 is 0. The van der Waals surface area contributed by atoms with Gasteiger partial charge in [-0.05, 0) is 37.2 Å². The van der Waals surface area contributed by atoms with Crippen molar-refractivity contribution < 1.29 is 4.79 Å². The van der Waals surface area contributed by atoms with E-state index in [4.69, 9.17) is 0 Å². The monoisotopic (exact) mass is 242 g/mol. The largest absolute Gasteiger partial charge is 0.273 e. The van der Waals surface area contributed by atoms with Crippen molar-refractivity contribution in [2.45, 2.75) is 32.6 Å². The SMILES string of the molecule is Cc1ccc(/C=N\NC(=O)[C@H]2CC23CCC3)cc1. The van der Waals surface area contributed by atoms with Crippen LogP contribution in [0, 0.1) is 18.3 Å². The van der Waals surface area contributed by atoms with Crippen LogP contribution in [-0.4, -0.2) is 12.1 Å². The summed E-state index contributed by atoms with van der Waals surface area (Å²) in [5, 5.41) is 4.03. The van der Waals surface area contributed by atoms with E-state index < -0.39 is 0 Å². The van der Waals surface area contributed by atoms with Crippen LogP contribution in [-0.2, 0) is 4.79 Å². The first-order valence-electron chi connectivity index (χ1n) is 6.59. The van der Waals surface area contributed by atoms with E-state index in [-0.39, 0.29) is 11.8 Å². The van der Waals surface area contributed by atoms with Crippen LogP contribution in [0.15, 0.2) is 29.4 Å². The predicted octanol–water partition coefficient (Wildman–Crippen LogP) is 2.64. The highest BCUT2D eigenvalue weighted by Gasteiger charge is 2.60. The third-order valence-electron chi connectivity index (χ3n) is 4.32. The lowest BCUT2D eigenvalue weighted by Gasteiger charge is -2.25. The highest BCUT2D eigenvalue weighted by molar-refractivity contribution is 5.85. The van der Waals surface area contributed by atoms with E-state index in [1.165, 1.54) is 24.8 Å². The van der Waals surface area contributed by atoms with Gasteiger partial charge in [0, 0.05) is 5.92 Å². The number of carbonyl (C=O) groups excluding carboxylic acids is 1. The Morgan fingerprint density at radius 1 is 1.39 bits per heavy atom. The number of hydrogen-bond acceptors (Lipinski definition) is 2. The van der Waals surface area contributed by atoms with Gasteiger partial charge in [0.2, 0.25) is 5.91 Å². The molecule has 0 aliphatic heterocycles. The molecule has 1 aromatic carbocycles. The Kier molecular flexibility index (Phi) is 2.69. The Labute approximate surface area is 107 Å². The van der Waals surface area contributed by atoms with Crippen molar-refractivity contribution in [1.29, 1.82) is 0 Å². The Bertz CT molecular complexity index is 486. The summed E-state index contributed by atoms with van der Waals surface area (Å²) >= 11 is 0. The zero-order chi connectivity index (χ0) is 12.6. The fraction of sp³-hybridized carbons (Fsp3) is 0.467. The van der Waals surface area contributed by atoms with Crippen LogP contribution in [0.5, 0.6) is 0 Å². The van der Waals surface area contributed by atoms with Gasteiger partial charge in [-0.2, -0.15) is 5.10 Å². The molecule has 2 aliphatic carbocycles. The van der Waals surface area contributed by atoms with E-state index in [1.807, 2.05) is 31.2 Å². The first-order valence-corrected chi connectivity index (χ1v) is 6.59. The summed E-state index contributed by atoms with van der Waals surface area (Å²) in [7, 11) is 0. The lowest BCUT2D eigenvalue weighted by Crippen LogP contribution is -2.26. The maximum absolute atomic E-state index is 11.8. The Balaban J connectivity index is 1.52. The highest BCUT2D eigenvalue weighted by Crippen LogP contribution is 2.65. The Morgan fingerprint density at radius 3 is 2.67 bits per heavy atom. The molecule has 1 amide bonds. The average molecular weight is 242 g/mol. The van der Waals surface area contributed by atoms with Crippen molar-refractivity contribution in [2.75, 3.05) is 0 Å². The van der Waals surface area contributed by atoms with Gasteiger partial charge in [-0.25, -0.2) is 5.43 Å². The summed E-state index contributed by atoms with van der Waals surface area (Å²) in [5.74, 6) is 0.319. The number of hydrazone groups is 1. The number of aryl methyl sites for hydroxylation is 1. The molecular weight excluding hydrogens is 224 g/mol. The number of nitrogens with one attached hydrogen (secondary N) is 1.